The average Bonchev–Trinajstić information content (AvgIpc) is 3.07. The van der Waals surface area contributed by atoms with E-state index in [0.29, 0.717) is 31.2 Å². The zero-order chi connectivity index (χ0) is 20.7. The van der Waals surface area contributed by atoms with E-state index in [9.17, 15) is 14.4 Å². The molecule has 2 fully saturated rings. The molecule has 2 amide bonds. The number of amides is 2. The molecule has 0 spiro atoms. The number of rotatable bonds is 6. The van der Waals surface area contributed by atoms with Gasteiger partial charge >= 0.3 is 5.91 Å². The maximum Gasteiger partial charge on any atom is 0.309 e. The predicted molar refractivity (Wildman–Crippen MR) is 117 cm³/mol. The smallest absolute Gasteiger partial charge is 0.309 e. The Kier molecular flexibility index (Phi) is 10.2. The summed E-state index contributed by atoms with van der Waals surface area (Å²) >= 11 is 1.51. The number of carbonyl (C=O) groups excluding carboxylic acids is 3. The summed E-state index contributed by atoms with van der Waals surface area (Å²) in [5.74, 6) is -1.13. The lowest BCUT2D eigenvalue weighted by Gasteiger charge is -2.29. The fourth-order valence-electron chi connectivity index (χ4n) is 2.87. The Balaban J connectivity index is 0.00000420. The number of ketones is 1. The molecule has 29 heavy (non-hydrogen) atoms. The van der Waals surface area contributed by atoms with Crippen molar-refractivity contribution in [2.75, 3.05) is 32.6 Å². The predicted octanol–water partition coefficient (Wildman–Crippen LogP) is 1.56. The van der Waals surface area contributed by atoms with Gasteiger partial charge in [0.25, 0.3) is 0 Å². The third-order valence-corrected chi connectivity index (χ3v) is 5.56. The molecule has 2 saturated heterocycles. The van der Waals surface area contributed by atoms with Gasteiger partial charge in [0, 0.05) is 32.6 Å². The minimum atomic E-state index is -0.893. The van der Waals surface area contributed by atoms with Gasteiger partial charge in [0.05, 0.1) is 0 Å². The van der Waals surface area contributed by atoms with Gasteiger partial charge in [-0.3, -0.25) is 14.4 Å². The van der Waals surface area contributed by atoms with Gasteiger partial charge in [-0.1, -0.05) is 38.6 Å². The molecule has 0 radical (unpaired) electrons. The van der Waals surface area contributed by atoms with E-state index in [1.165, 1.54) is 17.8 Å². The minimum Gasteiger partial charge on any atom is -0.381 e. The molecule has 2 N–H and O–H groups in total. The van der Waals surface area contributed by atoms with E-state index in [2.05, 4.69) is 15.8 Å². The zero-order valence-electron chi connectivity index (χ0n) is 17.4. The number of hydrazone groups is 1. The molecule has 1 unspecified atom stereocenters. The lowest BCUT2D eigenvalue weighted by molar-refractivity contribution is -0.141. The highest BCUT2D eigenvalue weighted by Crippen LogP contribution is 2.20. The van der Waals surface area contributed by atoms with Gasteiger partial charge < -0.3 is 15.0 Å². The molecule has 0 saturated carbocycles. The monoisotopic (exact) mass is 446 g/mol. The number of Topliss-reactive ketones (excluding diaryl/α,β-unsaturated/α-hetero) is 1. The third-order valence-electron chi connectivity index (χ3n) is 4.51. The van der Waals surface area contributed by atoms with Gasteiger partial charge in [-0.2, -0.15) is 0 Å². The van der Waals surface area contributed by atoms with Crippen molar-refractivity contribution in [1.29, 1.82) is 0 Å². The van der Waals surface area contributed by atoms with Crippen LogP contribution < -0.4 is 10.7 Å². The van der Waals surface area contributed by atoms with Crippen molar-refractivity contribution in [3.05, 3.63) is 12.2 Å². The summed E-state index contributed by atoms with van der Waals surface area (Å²) in [7, 11) is 1.87. The van der Waals surface area contributed by atoms with Gasteiger partial charge in [0.2, 0.25) is 11.7 Å². The van der Waals surface area contributed by atoms with Crippen LogP contribution in [-0.2, 0) is 19.1 Å². The molecule has 164 valence electrons. The van der Waals surface area contributed by atoms with Gasteiger partial charge in [0.1, 0.15) is 6.04 Å². The first kappa shape index (κ1) is 25.5. The maximum atomic E-state index is 12.8. The van der Waals surface area contributed by atoms with Crippen LogP contribution >= 0.6 is 24.2 Å². The number of thioether (sulfide) groups is 1. The molecule has 0 aliphatic carbocycles. The van der Waals surface area contributed by atoms with E-state index in [-0.39, 0.29) is 29.6 Å². The first-order chi connectivity index (χ1) is 13.2. The number of nitrogens with one attached hydrogen (secondary N) is 2. The number of ether oxygens (including phenoxy) is 1. The molecule has 0 aromatic carbocycles. The van der Waals surface area contributed by atoms with Crippen LogP contribution in [0.4, 0.5) is 0 Å². The summed E-state index contributed by atoms with van der Waals surface area (Å²) in [5.41, 5.74) is 2.18. The lowest BCUT2D eigenvalue weighted by Crippen LogP contribution is -2.51. The van der Waals surface area contributed by atoms with Crippen LogP contribution in [0.3, 0.4) is 0 Å². The average molecular weight is 447 g/mol. The van der Waals surface area contributed by atoms with Gasteiger partial charge in [0.15, 0.2) is 5.17 Å². The Bertz CT molecular complexity index is 657. The Labute approximate surface area is 182 Å². The second-order valence-corrected chi connectivity index (χ2v) is 9.17. The van der Waals surface area contributed by atoms with Crippen LogP contribution in [0.2, 0.25) is 0 Å². The molecule has 10 heteroatoms. The first-order valence-electron chi connectivity index (χ1n) is 9.50. The summed E-state index contributed by atoms with van der Waals surface area (Å²) in [6.45, 7) is 7.78. The van der Waals surface area contributed by atoms with Crippen molar-refractivity contribution >= 4 is 46.9 Å². The standard InChI is InChI=1S/C19H30N4O4S.ClH/c1-19(2,3)8-5-14(24)20-15(13-6-10-27-11-7-13)16(25)17(26)21-22-18-23(4)9-12-28-18;/h5,8,13,15H,6-7,9-12H2,1-4H3,(H,20,24)(H,21,26);1H/b8-5+,22-18?;. The summed E-state index contributed by atoms with van der Waals surface area (Å²) in [4.78, 5) is 39.4. The highest BCUT2D eigenvalue weighted by molar-refractivity contribution is 8.14. The number of nitrogens with zero attached hydrogens (tertiary/aromatic N) is 2. The Hall–Kier alpha value is -1.58. The number of hydrogen-bond donors (Lipinski definition) is 2. The maximum absolute atomic E-state index is 12.8. The Morgan fingerprint density at radius 2 is 1.93 bits per heavy atom. The molecule has 2 heterocycles. The fraction of sp³-hybridized carbons (Fsp3) is 0.684. The zero-order valence-corrected chi connectivity index (χ0v) is 19.0. The Morgan fingerprint density at radius 1 is 1.28 bits per heavy atom. The molecule has 2 aliphatic rings. The van der Waals surface area contributed by atoms with E-state index in [0.717, 1.165) is 12.3 Å². The fourth-order valence-corrected chi connectivity index (χ4v) is 3.84. The number of hydrogen-bond acceptors (Lipinski definition) is 6. The SMILES string of the molecule is CN1CCSC1=NNC(=O)C(=O)C(NC(=O)/C=C/C(C)(C)C)C1CCOCC1.Cl. The molecular weight excluding hydrogens is 416 g/mol. The highest BCUT2D eigenvalue weighted by atomic mass is 35.5. The number of amidine groups is 1. The molecule has 8 nitrogen and oxygen atoms in total. The largest absolute Gasteiger partial charge is 0.381 e. The number of halogens is 1. The lowest BCUT2D eigenvalue weighted by atomic mass is 9.88. The normalized spacial score (nSPS) is 20.4. The summed E-state index contributed by atoms with van der Waals surface area (Å²) in [6, 6.07) is -0.893. The summed E-state index contributed by atoms with van der Waals surface area (Å²) in [5, 5.41) is 7.42. The number of allylic oxidation sites excluding steroid dienone is 1. The van der Waals surface area contributed by atoms with Crippen molar-refractivity contribution < 1.29 is 19.1 Å². The topological polar surface area (TPSA) is 100 Å². The Morgan fingerprint density at radius 3 is 2.48 bits per heavy atom. The van der Waals surface area contributed by atoms with Crippen LogP contribution in [0.25, 0.3) is 0 Å². The van der Waals surface area contributed by atoms with Gasteiger partial charge in [-0.15, -0.1) is 17.5 Å². The van der Waals surface area contributed by atoms with Gasteiger partial charge in [-0.05, 0) is 30.3 Å². The van der Waals surface area contributed by atoms with E-state index in [1.807, 2.05) is 32.7 Å². The summed E-state index contributed by atoms with van der Waals surface area (Å²) in [6.07, 6.45) is 4.41. The van der Waals surface area contributed by atoms with E-state index >= 15 is 0 Å². The molecule has 1 atom stereocenters. The van der Waals surface area contributed by atoms with Crippen molar-refractivity contribution in [2.45, 2.75) is 39.7 Å². The van der Waals surface area contributed by atoms with Crippen molar-refractivity contribution in [2.24, 2.45) is 16.4 Å². The molecular formula is C19H31ClN4O4S. The van der Waals surface area contributed by atoms with Crippen LogP contribution in [0.1, 0.15) is 33.6 Å². The molecule has 0 aromatic heterocycles. The molecule has 2 aliphatic heterocycles. The molecule has 0 bridgehead atoms. The van der Waals surface area contributed by atoms with Crippen LogP contribution in [0, 0.1) is 11.3 Å². The van der Waals surface area contributed by atoms with Crippen molar-refractivity contribution in [3.63, 3.8) is 0 Å². The molecule has 0 aromatic rings. The second kappa shape index (κ2) is 11.6. The van der Waals surface area contributed by atoms with Crippen molar-refractivity contribution in [1.82, 2.24) is 15.6 Å². The van der Waals surface area contributed by atoms with Crippen molar-refractivity contribution in [3.8, 4) is 0 Å². The highest BCUT2D eigenvalue weighted by Gasteiger charge is 2.34. The van der Waals surface area contributed by atoms with E-state index < -0.39 is 17.7 Å². The van der Waals surface area contributed by atoms with Crippen LogP contribution in [0.5, 0.6) is 0 Å². The molecule has 2 rings (SSSR count). The quantitative estimate of drug-likeness (QED) is 0.365. The van der Waals surface area contributed by atoms with E-state index in [4.69, 9.17) is 4.74 Å². The van der Waals surface area contributed by atoms with Crippen LogP contribution in [-0.4, -0.2) is 66.3 Å². The third kappa shape index (κ3) is 8.36. The van der Waals surface area contributed by atoms with E-state index in [1.54, 1.807) is 6.08 Å². The minimum absolute atomic E-state index is 0. The van der Waals surface area contributed by atoms with Gasteiger partial charge in [-0.25, -0.2) is 5.43 Å². The van der Waals surface area contributed by atoms with Crippen LogP contribution in [0.15, 0.2) is 17.3 Å². The summed E-state index contributed by atoms with van der Waals surface area (Å²) < 4.78 is 5.35. The second-order valence-electron chi connectivity index (χ2n) is 8.10. The first-order valence-corrected chi connectivity index (χ1v) is 10.5. The number of carbonyl (C=O) groups is 3.